The topological polar surface area (TPSA) is 67.3 Å². The van der Waals surface area contributed by atoms with Gasteiger partial charge in [-0.25, -0.2) is 14.8 Å². The van der Waals surface area contributed by atoms with Gasteiger partial charge in [-0.2, -0.15) is 0 Å². The van der Waals surface area contributed by atoms with Crippen molar-refractivity contribution in [1.82, 2.24) is 15.3 Å². The lowest BCUT2D eigenvalue weighted by Crippen LogP contribution is -2.59. The molecule has 0 amide bonds. The molecule has 3 rings (SSSR count). The summed E-state index contributed by atoms with van der Waals surface area (Å²) in [5, 5.41) is 3.37. The molecule has 1 aromatic heterocycles. The number of anilines is 1. The highest BCUT2D eigenvalue weighted by Crippen LogP contribution is 2.38. The molecule has 1 aromatic rings. The van der Waals surface area contributed by atoms with Gasteiger partial charge in [-0.3, -0.25) is 0 Å². The van der Waals surface area contributed by atoms with Crippen molar-refractivity contribution in [2.75, 3.05) is 18.0 Å². The highest BCUT2D eigenvalue weighted by Gasteiger charge is 2.58. The van der Waals surface area contributed by atoms with Crippen LogP contribution in [-0.4, -0.2) is 46.2 Å². The summed E-state index contributed by atoms with van der Waals surface area (Å²) in [5.41, 5.74) is -1.16. The molecule has 2 atom stereocenters. The second kappa shape index (κ2) is 4.41. The SMILES string of the molecule is CC(C)(C)OC(=O)[C@]12CN[C@H](CN1c1ncccn1)C2. The number of rotatable bonds is 2. The number of ether oxygens (including phenoxy) is 1. The van der Waals surface area contributed by atoms with Crippen molar-refractivity contribution >= 4 is 11.9 Å². The van der Waals surface area contributed by atoms with Crippen LogP contribution in [0, 0.1) is 0 Å². The van der Waals surface area contributed by atoms with Crippen molar-refractivity contribution < 1.29 is 9.53 Å². The molecule has 0 spiro atoms. The zero-order valence-corrected chi connectivity index (χ0v) is 12.1. The smallest absolute Gasteiger partial charge is 0.334 e. The molecule has 0 saturated carbocycles. The Morgan fingerprint density at radius 1 is 1.45 bits per heavy atom. The predicted molar refractivity (Wildman–Crippen MR) is 74.4 cm³/mol. The Morgan fingerprint density at radius 3 is 2.75 bits per heavy atom. The van der Waals surface area contributed by atoms with Gasteiger partial charge in [-0.1, -0.05) is 0 Å². The van der Waals surface area contributed by atoms with Gasteiger partial charge < -0.3 is 15.0 Å². The fourth-order valence-corrected chi connectivity index (χ4v) is 2.94. The minimum Gasteiger partial charge on any atom is -0.458 e. The van der Waals surface area contributed by atoms with Crippen LogP contribution < -0.4 is 10.2 Å². The number of carbonyl (C=O) groups is 1. The maximum absolute atomic E-state index is 12.7. The highest BCUT2D eigenvalue weighted by molar-refractivity contribution is 5.87. The summed E-state index contributed by atoms with van der Waals surface area (Å²) in [5.74, 6) is 0.410. The molecule has 0 unspecified atom stereocenters. The average molecular weight is 276 g/mol. The molecule has 0 radical (unpaired) electrons. The summed E-state index contributed by atoms with van der Waals surface area (Å²) in [6.45, 7) is 6.99. The average Bonchev–Trinajstić information content (AvgIpc) is 2.97. The zero-order chi connectivity index (χ0) is 14.4. The number of nitrogens with one attached hydrogen (secondary N) is 1. The molecule has 2 aliphatic heterocycles. The van der Waals surface area contributed by atoms with Crippen LogP contribution in [0.15, 0.2) is 18.5 Å². The number of hydrogen-bond acceptors (Lipinski definition) is 6. The fraction of sp³-hybridized carbons (Fsp3) is 0.643. The third kappa shape index (κ3) is 2.14. The Kier molecular flexibility index (Phi) is 2.93. The Labute approximate surface area is 118 Å². The van der Waals surface area contributed by atoms with Crippen molar-refractivity contribution in [2.45, 2.75) is 44.4 Å². The second-order valence-corrected chi connectivity index (χ2v) is 6.47. The first-order valence-corrected chi connectivity index (χ1v) is 6.92. The molecule has 6 nitrogen and oxygen atoms in total. The van der Waals surface area contributed by atoms with E-state index in [0.29, 0.717) is 18.5 Å². The van der Waals surface area contributed by atoms with Crippen LogP contribution in [0.1, 0.15) is 27.2 Å². The minimum absolute atomic E-state index is 0.190. The minimum atomic E-state index is -0.667. The molecular formula is C14H20N4O2. The first kappa shape index (κ1) is 13.3. The van der Waals surface area contributed by atoms with E-state index in [0.717, 1.165) is 13.0 Å². The maximum Gasteiger partial charge on any atom is 0.334 e. The van der Waals surface area contributed by atoms with Gasteiger partial charge in [0.25, 0.3) is 0 Å². The zero-order valence-electron chi connectivity index (χ0n) is 12.1. The molecule has 108 valence electrons. The Balaban J connectivity index is 1.91. The molecule has 2 saturated heterocycles. The first-order valence-electron chi connectivity index (χ1n) is 6.92. The van der Waals surface area contributed by atoms with E-state index in [4.69, 9.17) is 4.74 Å². The largest absolute Gasteiger partial charge is 0.458 e. The number of piperazine rings is 1. The molecule has 2 fully saturated rings. The molecule has 2 aliphatic rings. The standard InChI is InChI=1S/C14H20N4O2/c1-13(2,3)20-11(19)14-7-10(17-9-14)8-18(14)12-15-5-4-6-16-12/h4-6,10,17H,7-9H2,1-3H3/t10-,14-/m0/s1. The van der Waals surface area contributed by atoms with Gasteiger partial charge in [-0.15, -0.1) is 0 Å². The van der Waals surface area contributed by atoms with Crippen LogP contribution in [0.4, 0.5) is 5.95 Å². The van der Waals surface area contributed by atoms with Crippen molar-refractivity contribution in [3.05, 3.63) is 18.5 Å². The van der Waals surface area contributed by atoms with Crippen LogP contribution in [0.5, 0.6) is 0 Å². The van der Waals surface area contributed by atoms with E-state index >= 15 is 0 Å². The molecule has 0 aliphatic carbocycles. The van der Waals surface area contributed by atoms with E-state index < -0.39 is 11.1 Å². The number of esters is 1. The summed E-state index contributed by atoms with van der Waals surface area (Å²) >= 11 is 0. The van der Waals surface area contributed by atoms with Gasteiger partial charge >= 0.3 is 5.97 Å². The maximum atomic E-state index is 12.7. The van der Waals surface area contributed by atoms with Gasteiger partial charge in [0.05, 0.1) is 0 Å². The summed E-state index contributed by atoms with van der Waals surface area (Å²) < 4.78 is 5.62. The Hall–Kier alpha value is -1.69. The first-order chi connectivity index (χ1) is 9.41. The third-order valence-electron chi connectivity index (χ3n) is 3.76. The number of fused-ring (bicyclic) bond motifs is 2. The highest BCUT2D eigenvalue weighted by atomic mass is 16.6. The monoisotopic (exact) mass is 276 g/mol. The van der Waals surface area contributed by atoms with E-state index in [1.54, 1.807) is 18.5 Å². The molecule has 20 heavy (non-hydrogen) atoms. The summed E-state index contributed by atoms with van der Waals surface area (Å²) in [6, 6.07) is 2.07. The molecule has 3 heterocycles. The van der Waals surface area contributed by atoms with Crippen molar-refractivity contribution in [3.63, 3.8) is 0 Å². The van der Waals surface area contributed by atoms with Gasteiger partial charge in [0, 0.05) is 31.5 Å². The predicted octanol–water partition coefficient (Wildman–Crippen LogP) is 0.739. The Morgan fingerprint density at radius 2 is 2.15 bits per heavy atom. The van der Waals surface area contributed by atoms with Crippen molar-refractivity contribution in [2.24, 2.45) is 0 Å². The second-order valence-electron chi connectivity index (χ2n) is 6.47. The van der Waals surface area contributed by atoms with Crippen LogP contribution in [-0.2, 0) is 9.53 Å². The van der Waals surface area contributed by atoms with Gasteiger partial charge in [-0.05, 0) is 33.3 Å². The normalized spacial score (nSPS) is 28.8. The van der Waals surface area contributed by atoms with E-state index in [-0.39, 0.29) is 5.97 Å². The quantitative estimate of drug-likeness (QED) is 0.804. The number of nitrogens with zero attached hydrogens (tertiary/aromatic N) is 3. The summed E-state index contributed by atoms with van der Waals surface area (Å²) in [6.07, 6.45) is 4.15. The fourth-order valence-electron chi connectivity index (χ4n) is 2.94. The lowest BCUT2D eigenvalue weighted by atomic mass is 9.98. The van der Waals surface area contributed by atoms with E-state index in [1.165, 1.54) is 0 Å². The molecular weight excluding hydrogens is 256 g/mol. The van der Waals surface area contributed by atoms with Gasteiger partial charge in [0.15, 0.2) is 5.54 Å². The summed E-state index contributed by atoms with van der Waals surface area (Å²) in [7, 11) is 0. The lowest BCUT2D eigenvalue weighted by molar-refractivity contribution is -0.160. The number of aromatic nitrogens is 2. The van der Waals surface area contributed by atoms with Crippen molar-refractivity contribution in [1.29, 1.82) is 0 Å². The summed E-state index contributed by atoms with van der Waals surface area (Å²) in [4.78, 5) is 23.2. The van der Waals surface area contributed by atoms with Crippen molar-refractivity contribution in [3.8, 4) is 0 Å². The van der Waals surface area contributed by atoms with Crippen LogP contribution in [0.25, 0.3) is 0 Å². The van der Waals surface area contributed by atoms with Crippen LogP contribution in [0.3, 0.4) is 0 Å². The molecule has 6 heteroatoms. The number of hydrogen-bond donors (Lipinski definition) is 1. The van der Waals surface area contributed by atoms with Crippen LogP contribution in [0.2, 0.25) is 0 Å². The third-order valence-corrected chi connectivity index (χ3v) is 3.76. The van der Waals surface area contributed by atoms with E-state index in [2.05, 4.69) is 15.3 Å². The van der Waals surface area contributed by atoms with Gasteiger partial charge in [0.1, 0.15) is 5.60 Å². The number of carbonyl (C=O) groups excluding carboxylic acids is 1. The Bertz CT molecular complexity index is 514. The molecule has 2 bridgehead atoms. The van der Waals surface area contributed by atoms with Gasteiger partial charge in [0.2, 0.25) is 5.95 Å². The molecule has 1 N–H and O–H groups in total. The lowest BCUT2D eigenvalue weighted by Gasteiger charge is -2.38. The van der Waals surface area contributed by atoms with E-state index in [9.17, 15) is 4.79 Å². The van der Waals surface area contributed by atoms with E-state index in [1.807, 2.05) is 25.7 Å². The molecule has 0 aromatic carbocycles. The van der Waals surface area contributed by atoms with Crippen LogP contribution >= 0.6 is 0 Å².